The number of carbonyl (C=O) groups excluding carboxylic acids is 1. The van der Waals surface area contributed by atoms with E-state index in [9.17, 15) is 9.59 Å². The molecule has 0 amide bonds. The second-order valence-corrected chi connectivity index (χ2v) is 11.1. The number of piperazine rings is 1. The van der Waals surface area contributed by atoms with Gasteiger partial charge in [-0.2, -0.15) is 4.98 Å². The van der Waals surface area contributed by atoms with Gasteiger partial charge in [0.1, 0.15) is 11.7 Å². The zero-order chi connectivity index (χ0) is 28.7. The van der Waals surface area contributed by atoms with E-state index < -0.39 is 6.04 Å². The van der Waals surface area contributed by atoms with Crippen LogP contribution in [0.15, 0.2) is 66.1 Å². The summed E-state index contributed by atoms with van der Waals surface area (Å²) in [5.41, 5.74) is 5.86. The number of fused-ring (bicyclic) bond motifs is 2. The molecule has 41 heavy (non-hydrogen) atoms. The van der Waals surface area contributed by atoms with Gasteiger partial charge in [-0.1, -0.05) is 32.6 Å². The minimum atomic E-state index is -0.761. The van der Waals surface area contributed by atoms with Crippen LogP contribution in [0.3, 0.4) is 0 Å². The van der Waals surface area contributed by atoms with Crippen LogP contribution < -0.4 is 26.4 Å². The van der Waals surface area contributed by atoms with E-state index in [4.69, 9.17) is 4.98 Å². The number of benzene rings is 2. The fourth-order valence-electron chi connectivity index (χ4n) is 5.67. The van der Waals surface area contributed by atoms with Gasteiger partial charge >= 0.3 is 0 Å². The van der Waals surface area contributed by atoms with Crippen LogP contribution in [0.25, 0.3) is 16.6 Å². The Morgan fingerprint density at radius 3 is 2.63 bits per heavy atom. The third-order valence-corrected chi connectivity index (χ3v) is 8.02. The van der Waals surface area contributed by atoms with Crippen LogP contribution in [0.2, 0.25) is 0 Å². The van der Waals surface area contributed by atoms with Crippen molar-refractivity contribution >= 4 is 45.4 Å². The molecule has 9 heteroatoms. The Balaban J connectivity index is 1.42. The number of nitrogens with one attached hydrogen (secondary N) is 3. The summed E-state index contributed by atoms with van der Waals surface area (Å²) in [6.07, 6.45) is 1.70. The van der Waals surface area contributed by atoms with Crippen molar-refractivity contribution in [2.24, 2.45) is 5.92 Å². The number of hydrogen-bond donors (Lipinski definition) is 3. The second kappa shape index (κ2) is 10.8. The van der Waals surface area contributed by atoms with E-state index in [0.717, 1.165) is 43.1 Å². The van der Waals surface area contributed by atoms with E-state index in [1.54, 1.807) is 18.3 Å². The summed E-state index contributed by atoms with van der Waals surface area (Å²) < 4.78 is 1.52. The van der Waals surface area contributed by atoms with Crippen molar-refractivity contribution in [2.75, 3.05) is 48.3 Å². The topological polar surface area (TPSA) is 104 Å². The number of ketones is 1. The first-order valence-electron chi connectivity index (χ1n) is 14.1. The van der Waals surface area contributed by atoms with Gasteiger partial charge in [0.15, 0.2) is 5.78 Å². The highest BCUT2D eigenvalue weighted by molar-refractivity contribution is 6.06. The standard InChI is InChI=1S/C32H35N7O2/c1-19(2)21(4)25-16-22-17-35-32(36-23-9-10-27(20(3)15-23)38-13-11-33-12-14-38)37-30(22)39(31(25)41)28-18-34-26-8-6-5-7-24(26)29(28)40/h5-10,15-17,19,28,33-34H,4,11-14,18H2,1-3H3,(H,35,36,37). The van der Waals surface area contributed by atoms with Crippen molar-refractivity contribution in [1.29, 1.82) is 0 Å². The molecule has 6 rings (SSSR count). The van der Waals surface area contributed by atoms with Gasteiger partial charge in [0, 0.05) is 72.5 Å². The number of allylic oxidation sites excluding steroid dienone is 1. The molecular formula is C32H35N7O2. The van der Waals surface area contributed by atoms with E-state index in [-0.39, 0.29) is 23.8 Å². The number of pyridine rings is 1. The molecule has 4 heterocycles. The van der Waals surface area contributed by atoms with Crippen LogP contribution in [0, 0.1) is 12.8 Å². The van der Waals surface area contributed by atoms with Gasteiger partial charge in [-0.15, -0.1) is 0 Å². The lowest BCUT2D eigenvalue weighted by atomic mass is 9.95. The largest absolute Gasteiger partial charge is 0.382 e. The average Bonchev–Trinajstić information content (AvgIpc) is 2.98. The number of carbonyl (C=O) groups is 1. The zero-order valence-corrected chi connectivity index (χ0v) is 23.7. The minimum absolute atomic E-state index is 0.0591. The van der Waals surface area contributed by atoms with Crippen molar-refractivity contribution in [3.05, 3.63) is 88.4 Å². The maximum atomic E-state index is 14.0. The lowest BCUT2D eigenvalue weighted by Gasteiger charge is -2.31. The first-order valence-corrected chi connectivity index (χ1v) is 14.1. The molecule has 0 spiro atoms. The quantitative estimate of drug-likeness (QED) is 0.316. The van der Waals surface area contributed by atoms with E-state index in [0.29, 0.717) is 33.7 Å². The average molecular weight is 550 g/mol. The highest BCUT2D eigenvalue weighted by Crippen LogP contribution is 2.31. The molecule has 3 N–H and O–H groups in total. The molecule has 1 atom stereocenters. The van der Waals surface area contributed by atoms with Gasteiger partial charge in [-0.05, 0) is 60.4 Å². The number of Topliss-reactive ketones (excluding diaryl/α,β-unsaturated/α-hetero) is 1. The molecule has 0 aliphatic carbocycles. The third kappa shape index (κ3) is 4.97. The number of aryl methyl sites for hydroxylation is 1. The van der Waals surface area contributed by atoms with Gasteiger partial charge in [-0.25, -0.2) is 4.98 Å². The summed E-state index contributed by atoms with van der Waals surface area (Å²) in [5.74, 6) is 0.290. The highest BCUT2D eigenvalue weighted by atomic mass is 16.1. The molecule has 2 aliphatic heterocycles. The Bertz CT molecular complexity index is 1720. The molecule has 2 aromatic carbocycles. The number of nitrogens with zero attached hydrogens (tertiary/aromatic N) is 4. The van der Waals surface area contributed by atoms with Crippen LogP contribution >= 0.6 is 0 Å². The first-order chi connectivity index (χ1) is 19.8. The van der Waals surface area contributed by atoms with Gasteiger partial charge in [0.2, 0.25) is 5.95 Å². The number of anilines is 4. The molecule has 0 radical (unpaired) electrons. The third-order valence-electron chi connectivity index (χ3n) is 8.02. The van der Waals surface area contributed by atoms with Crippen molar-refractivity contribution in [2.45, 2.75) is 26.8 Å². The zero-order valence-electron chi connectivity index (χ0n) is 23.7. The van der Waals surface area contributed by atoms with Crippen molar-refractivity contribution in [3.8, 4) is 0 Å². The summed E-state index contributed by atoms with van der Waals surface area (Å²) in [5, 5.41) is 10.7. The Kier molecular flexibility index (Phi) is 7.05. The van der Waals surface area contributed by atoms with Crippen molar-refractivity contribution in [3.63, 3.8) is 0 Å². The number of aromatic nitrogens is 3. The van der Waals surface area contributed by atoms with Crippen LogP contribution in [0.1, 0.15) is 41.4 Å². The van der Waals surface area contributed by atoms with Gasteiger partial charge in [0.25, 0.3) is 5.56 Å². The maximum absolute atomic E-state index is 14.0. The van der Waals surface area contributed by atoms with Gasteiger partial charge < -0.3 is 20.9 Å². The Labute approximate surface area is 239 Å². The number of rotatable bonds is 6. The Hall–Kier alpha value is -4.50. The summed E-state index contributed by atoms with van der Waals surface area (Å²) >= 11 is 0. The molecule has 2 aromatic heterocycles. The monoisotopic (exact) mass is 549 g/mol. The predicted octanol–water partition coefficient (Wildman–Crippen LogP) is 4.77. The summed E-state index contributed by atoms with van der Waals surface area (Å²) in [4.78, 5) is 39.5. The van der Waals surface area contributed by atoms with E-state index in [2.05, 4.69) is 51.5 Å². The molecule has 2 aliphatic rings. The van der Waals surface area contributed by atoms with Gasteiger partial charge in [-0.3, -0.25) is 14.2 Å². The maximum Gasteiger partial charge on any atom is 0.260 e. The lowest BCUT2D eigenvalue weighted by molar-refractivity contribution is 0.0927. The molecule has 1 saturated heterocycles. The van der Waals surface area contributed by atoms with E-state index >= 15 is 0 Å². The predicted molar refractivity (Wildman–Crippen MR) is 166 cm³/mol. The smallest absolute Gasteiger partial charge is 0.260 e. The normalized spacial score (nSPS) is 16.9. The molecule has 0 saturated carbocycles. The van der Waals surface area contributed by atoms with Gasteiger partial charge in [0.05, 0.1) is 0 Å². The first kappa shape index (κ1) is 26.7. The fraction of sp³-hybridized carbons (Fsp3) is 0.312. The van der Waals surface area contributed by atoms with Crippen LogP contribution in [0.4, 0.5) is 23.0 Å². The van der Waals surface area contributed by atoms with Crippen LogP contribution in [-0.4, -0.2) is 53.0 Å². The molecule has 9 nitrogen and oxygen atoms in total. The second-order valence-electron chi connectivity index (χ2n) is 11.1. The summed E-state index contributed by atoms with van der Waals surface area (Å²) in [6.45, 7) is 14.5. The fourth-order valence-corrected chi connectivity index (χ4v) is 5.67. The number of hydrogen-bond acceptors (Lipinski definition) is 8. The lowest BCUT2D eigenvalue weighted by Crippen LogP contribution is -2.43. The molecule has 210 valence electrons. The Morgan fingerprint density at radius 2 is 1.88 bits per heavy atom. The minimum Gasteiger partial charge on any atom is -0.382 e. The summed E-state index contributed by atoms with van der Waals surface area (Å²) in [7, 11) is 0. The SMILES string of the molecule is C=C(c1cc2cnc(Nc3ccc(N4CCNCC4)c(C)c3)nc2n(C2CNc3ccccc3C2=O)c1=O)C(C)C. The molecule has 1 fully saturated rings. The van der Waals surface area contributed by atoms with Crippen molar-refractivity contribution < 1.29 is 4.79 Å². The van der Waals surface area contributed by atoms with Crippen LogP contribution in [-0.2, 0) is 0 Å². The van der Waals surface area contributed by atoms with E-state index in [1.165, 1.54) is 10.3 Å². The van der Waals surface area contributed by atoms with E-state index in [1.807, 2.05) is 38.1 Å². The molecule has 4 aromatic rings. The van der Waals surface area contributed by atoms with Crippen LogP contribution in [0.5, 0.6) is 0 Å². The molecule has 0 bridgehead atoms. The molecular weight excluding hydrogens is 514 g/mol. The molecule has 1 unspecified atom stereocenters. The number of para-hydroxylation sites is 1. The summed E-state index contributed by atoms with van der Waals surface area (Å²) in [6, 6.07) is 14.6. The van der Waals surface area contributed by atoms with Crippen molar-refractivity contribution in [1.82, 2.24) is 19.9 Å². The highest BCUT2D eigenvalue weighted by Gasteiger charge is 2.32. The Morgan fingerprint density at radius 1 is 1.10 bits per heavy atom.